The minimum Gasteiger partial charge on any atom is -0.394 e. The zero-order valence-electron chi connectivity index (χ0n) is 11.9. The molecule has 0 aliphatic carbocycles. The van der Waals surface area contributed by atoms with Crippen LogP contribution in [0.5, 0.6) is 0 Å². The van der Waals surface area contributed by atoms with E-state index in [4.69, 9.17) is 9.84 Å². The molecule has 0 aromatic carbocycles. The summed E-state index contributed by atoms with van der Waals surface area (Å²) in [6, 6.07) is 0.267. The third-order valence-electron chi connectivity index (χ3n) is 3.10. The molecule has 0 saturated carbocycles. The third kappa shape index (κ3) is 3.80. The van der Waals surface area contributed by atoms with Crippen molar-refractivity contribution in [2.75, 3.05) is 26.4 Å². The second kappa shape index (κ2) is 7.51. The first-order chi connectivity index (χ1) is 8.61. The minimum atomic E-state index is 0.0804. The summed E-state index contributed by atoms with van der Waals surface area (Å²) in [6.07, 6.45) is 0. The summed E-state index contributed by atoms with van der Waals surface area (Å²) in [6.45, 7) is 11.2. The van der Waals surface area contributed by atoms with Crippen LogP contribution in [0, 0.1) is 13.8 Å². The molecule has 0 fully saturated rings. The highest BCUT2D eigenvalue weighted by molar-refractivity contribution is 5.27. The third-order valence-corrected chi connectivity index (χ3v) is 3.10. The minimum absolute atomic E-state index is 0.0804. The summed E-state index contributed by atoms with van der Waals surface area (Å²) in [5.74, 6) is 0. The van der Waals surface area contributed by atoms with Crippen LogP contribution in [0.3, 0.4) is 0 Å². The van der Waals surface area contributed by atoms with E-state index < -0.39 is 0 Å². The smallest absolute Gasteiger partial charge is 0.0698 e. The Kier molecular flexibility index (Phi) is 6.32. The van der Waals surface area contributed by atoms with Crippen molar-refractivity contribution in [1.29, 1.82) is 0 Å². The number of aliphatic hydroxyl groups is 1. The first-order valence-corrected chi connectivity index (χ1v) is 6.57. The van der Waals surface area contributed by atoms with Crippen LogP contribution in [0.1, 0.15) is 36.8 Å². The molecule has 104 valence electrons. The van der Waals surface area contributed by atoms with Gasteiger partial charge in [0.2, 0.25) is 0 Å². The van der Waals surface area contributed by atoms with Gasteiger partial charge in [-0.3, -0.25) is 4.68 Å². The van der Waals surface area contributed by atoms with Gasteiger partial charge in [-0.05, 0) is 27.7 Å². The van der Waals surface area contributed by atoms with Crippen LogP contribution >= 0.6 is 0 Å². The van der Waals surface area contributed by atoms with Crippen molar-refractivity contribution in [2.24, 2.45) is 0 Å². The van der Waals surface area contributed by atoms with Gasteiger partial charge in [0.15, 0.2) is 0 Å². The number of rotatable bonds is 8. The summed E-state index contributed by atoms with van der Waals surface area (Å²) in [7, 11) is 0. The molecule has 0 amide bonds. The Morgan fingerprint density at radius 3 is 2.67 bits per heavy atom. The summed E-state index contributed by atoms with van der Waals surface area (Å²) >= 11 is 0. The van der Waals surface area contributed by atoms with Gasteiger partial charge in [0, 0.05) is 30.4 Å². The van der Waals surface area contributed by atoms with Crippen LogP contribution in [0.25, 0.3) is 0 Å². The van der Waals surface area contributed by atoms with Crippen molar-refractivity contribution in [1.82, 2.24) is 15.1 Å². The number of hydrogen-bond donors (Lipinski definition) is 2. The highest BCUT2D eigenvalue weighted by Gasteiger charge is 2.16. The fourth-order valence-electron chi connectivity index (χ4n) is 2.26. The van der Waals surface area contributed by atoms with E-state index in [0.29, 0.717) is 13.2 Å². The Balaban J connectivity index is 2.51. The van der Waals surface area contributed by atoms with E-state index in [0.717, 1.165) is 18.8 Å². The maximum absolute atomic E-state index is 8.60. The highest BCUT2D eigenvalue weighted by atomic mass is 16.5. The van der Waals surface area contributed by atoms with Crippen LogP contribution in [-0.2, 0) is 11.3 Å². The van der Waals surface area contributed by atoms with Gasteiger partial charge in [0.05, 0.1) is 25.5 Å². The quantitative estimate of drug-likeness (QED) is 0.685. The standard InChI is InChI=1S/C13H25N3O2/c1-5-16-12(4)13(11(3)15-16)10(2)14-6-8-18-9-7-17/h10,14,17H,5-9H2,1-4H3. The van der Waals surface area contributed by atoms with Crippen LogP contribution in [0.15, 0.2) is 0 Å². The summed E-state index contributed by atoms with van der Waals surface area (Å²) in [5.41, 5.74) is 3.59. The topological polar surface area (TPSA) is 59.3 Å². The first-order valence-electron chi connectivity index (χ1n) is 6.57. The number of aryl methyl sites for hydroxylation is 2. The van der Waals surface area contributed by atoms with Gasteiger partial charge in [-0.1, -0.05) is 0 Å². The lowest BCUT2D eigenvalue weighted by atomic mass is 10.1. The lowest BCUT2D eigenvalue weighted by Gasteiger charge is -2.15. The fraction of sp³-hybridized carbons (Fsp3) is 0.769. The molecule has 0 aliphatic heterocycles. The normalized spacial score (nSPS) is 12.9. The molecule has 5 heteroatoms. The molecule has 1 rings (SSSR count). The Labute approximate surface area is 109 Å². The van der Waals surface area contributed by atoms with Crippen molar-refractivity contribution >= 4 is 0 Å². The maximum Gasteiger partial charge on any atom is 0.0698 e. The molecule has 5 nitrogen and oxygen atoms in total. The van der Waals surface area contributed by atoms with E-state index in [1.54, 1.807) is 0 Å². The Bertz CT molecular complexity index is 363. The molecule has 1 unspecified atom stereocenters. The van der Waals surface area contributed by atoms with Crippen LogP contribution < -0.4 is 5.32 Å². The maximum atomic E-state index is 8.60. The molecule has 0 spiro atoms. The molecular weight excluding hydrogens is 230 g/mol. The fourth-order valence-corrected chi connectivity index (χ4v) is 2.26. The number of ether oxygens (including phenoxy) is 1. The van der Waals surface area contributed by atoms with E-state index in [2.05, 4.69) is 38.1 Å². The van der Waals surface area contributed by atoms with Crippen molar-refractivity contribution in [2.45, 2.75) is 40.3 Å². The average Bonchev–Trinajstić information content (AvgIpc) is 2.63. The number of nitrogens with zero attached hydrogens (tertiary/aromatic N) is 2. The van der Waals surface area contributed by atoms with Crippen molar-refractivity contribution < 1.29 is 9.84 Å². The van der Waals surface area contributed by atoms with Gasteiger partial charge in [-0.25, -0.2) is 0 Å². The van der Waals surface area contributed by atoms with Crippen LogP contribution in [-0.4, -0.2) is 41.3 Å². The largest absolute Gasteiger partial charge is 0.394 e. The molecule has 1 aromatic heterocycles. The Morgan fingerprint density at radius 1 is 1.39 bits per heavy atom. The second-order valence-corrected chi connectivity index (χ2v) is 4.41. The Morgan fingerprint density at radius 2 is 2.11 bits per heavy atom. The first kappa shape index (κ1) is 15.1. The van der Waals surface area contributed by atoms with Gasteiger partial charge < -0.3 is 15.2 Å². The van der Waals surface area contributed by atoms with Crippen LogP contribution in [0.4, 0.5) is 0 Å². The molecular formula is C13H25N3O2. The Hall–Kier alpha value is -0.910. The molecule has 1 aromatic rings. The van der Waals surface area contributed by atoms with Crippen LogP contribution in [0.2, 0.25) is 0 Å². The van der Waals surface area contributed by atoms with Gasteiger partial charge in [-0.2, -0.15) is 5.10 Å². The number of aliphatic hydroxyl groups excluding tert-OH is 1. The van der Waals surface area contributed by atoms with Crippen molar-refractivity contribution in [3.05, 3.63) is 17.0 Å². The predicted octanol–water partition coefficient (Wildman–Crippen LogP) is 1.18. The molecule has 2 N–H and O–H groups in total. The number of aromatic nitrogens is 2. The van der Waals surface area contributed by atoms with Gasteiger partial charge in [0.25, 0.3) is 0 Å². The molecule has 0 aliphatic rings. The van der Waals surface area contributed by atoms with E-state index in [1.807, 2.05) is 4.68 Å². The molecule has 1 heterocycles. The summed E-state index contributed by atoms with van der Waals surface area (Å²) in [5, 5.41) is 16.5. The molecule has 1 atom stereocenters. The van der Waals surface area contributed by atoms with E-state index in [1.165, 1.54) is 11.3 Å². The number of nitrogens with one attached hydrogen (secondary N) is 1. The molecule has 0 bridgehead atoms. The van der Waals surface area contributed by atoms with Gasteiger partial charge in [0.1, 0.15) is 0 Å². The van der Waals surface area contributed by atoms with Crippen molar-refractivity contribution in [3.63, 3.8) is 0 Å². The predicted molar refractivity (Wildman–Crippen MR) is 71.7 cm³/mol. The summed E-state index contributed by atoms with van der Waals surface area (Å²) < 4.78 is 7.26. The van der Waals surface area contributed by atoms with E-state index in [-0.39, 0.29) is 12.6 Å². The SMILES string of the molecule is CCn1nc(C)c(C(C)NCCOCCO)c1C. The lowest BCUT2D eigenvalue weighted by Crippen LogP contribution is -2.24. The van der Waals surface area contributed by atoms with Gasteiger partial charge in [-0.15, -0.1) is 0 Å². The number of hydrogen-bond acceptors (Lipinski definition) is 4. The van der Waals surface area contributed by atoms with Gasteiger partial charge >= 0.3 is 0 Å². The van der Waals surface area contributed by atoms with Crippen molar-refractivity contribution in [3.8, 4) is 0 Å². The molecule has 0 saturated heterocycles. The van der Waals surface area contributed by atoms with E-state index >= 15 is 0 Å². The monoisotopic (exact) mass is 255 g/mol. The average molecular weight is 255 g/mol. The van der Waals surface area contributed by atoms with E-state index in [9.17, 15) is 0 Å². The lowest BCUT2D eigenvalue weighted by molar-refractivity contribution is 0.0928. The zero-order valence-corrected chi connectivity index (χ0v) is 11.9. The molecule has 0 radical (unpaired) electrons. The second-order valence-electron chi connectivity index (χ2n) is 4.41. The summed E-state index contributed by atoms with van der Waals surface area (Å²) in [4.78, 5) is 0. The molecule has 18 heavy (non-hydrogen) atoms. The zero-order chi connectivity index (χ0) is 13.5. The highest BCUT2D eigenvalue weighted by Crippen LogP contribution is 2.20.